The van der Waals surface area contributed by atoms with E-state index in [1.165, 1.54) is 13.8 Å². The van der Waals surface area contributed by atoms with E-state index in [0.717, 1.165) is 6.26 Å². The van der Waals surface area contributed by atoms with Gasteiger partial charge in [-0.3, -0.25) is 0 Å². The molecule has 0 rings (SSSR count). The summed E-state index contributed by atoms with van der Waals surface area (Å²) in [5, 5.41) is 7.96. The van der Waals surface area contributed by atoms with Crippen LogP contribution in [0.15, 0.2) is 11.2 Å². The van der Waals surface area contributed by atoms with Gasteiger partial charge in [0.15, 0.2) is 14.7 Å². The van der Waals surface area contributed by atoms with Gasteiger partial charge in [-0.15, -0.1) is 0 Å². The molecule has 4 nitrogen and oxygen atoms in total. The molecule has 0 heterocycles. The zero-order chi connectivity index (χ0) is 10.5. The lowest BCUT2D eigenvalue weighted by atomic mass is 10.6. The molecule has 0 aliphatic carbocycles. The molecule has 0 saturated carbocycles. The lowest BCUT2D eigenvalue weighted by Crippen LogP contribution is -2.15. The van der Waals surface area contributed by atoms with Crippen molar-refractivity contribution in [3.63, 3.8) is 0 Å². The molecule has 0 aromatic heterocycles. The van der Waals surface area contributed by atoms with Gasteiger partial charge in [-0.25, -0.2) is 8.42 Å². The molecule has 5 heteroatoms. The van der Waals surface area contributed by atoms with Crippen LogP contribution in [0.25, 0.3) is 0 Å². The number of rotatable bonds is 4. The Bertz CT molecular complexity index is 322. The summed E-state index contributed by atoms with van der Waals surface area (Å²) in [5.41, 5.74) is 0. The van der Waals surface area contributed by atoms with Gasteiger partial charge >= 0.3 is 0 Å². The van der Waals surface area contributed by atoms with Gasteiger partial charge < -0.3 is 4.74 Å². The van der Waals surface area contributed by atoms with Crippen LogP contribution in [-0.2, 0) is 14.6 Å². The van der Waals surface area contributed by atoms with Crippen LogP contribution in [-0.4, -0.2) is 20.3 Å². The van der Waals surface area contributed by atoms with Crippen molar-refractivity contribution in [1.29, 1.82) is 5.26 Å². The van der Waals surface area contributed by atoms with E-state index in [0.29, 0.717) is 6.61 Å². The summed E-state index contributed by atoms with van der Waals surface area (Å²) in [6.07, 6.45) is 0.995. The molecule has 0 N–H and O–H groups in total. The van der Waals surface area contributed by atoms with Gasteiger partial charge in [-0.2, -0.15) is 5.26 Å². The largest absolute Gasteiger partial charge is 0.499 e. The Morgan fingerprint density at radius 1 is 1.62 bits per heavy atom. The van der Waals surface area contributed by atoms with Gasteiger partial charge in [0.1, 0.15) is 12.3 Å². The summed E-state index contributed by atoms with van der Waals surface area (Å²) < 4.78 is 27.6. The Balaban J connectivity index is 4.93. The Morgan fingerprint density at radius 3 is 2.46 bits per heavy atom. The number of hydrogen-bond donors (Lipinski definition) is 0. The Labute approximate surface area is 78.7 Å². The molecule has 13 heavy (non-hydrogen) atoms. The molecule has 74 valence electrons. The van der Waals surface area contributed by atoms with Gasteiger partial charge in [0.2, 0.25) is 0 Å². The van der Waals surface area contributed by atoms with Crippen molar-refractivity contribution >= 4 is 9.84 Å². The molecule has 0 unspecified atom stereocenters. The molecular weight excluding hydrogens is 190 g/mol. The summed E-state index contributed by atoms with van der Waals surface area (Å²) in [7, 11) is -3.49. The summed E-state index contributed by atoms with van der Waals surface area (Å²) >= 11 is 0. The predicted molar refractivity (Wildman–Crippen MR) is 49.4 cm³/mol. The van der Waals surface area contributed by atoms with Crippen LogP contribution in [0.4, 0.5) is 0 Å². The van der Waals surface area contributed by atoms with Gasteiger partial charge in [0.05, 0.1) is 11.9 Å². The average Bonchev–Trinajstić information content (AvgIpc) is 2.05. The van der Waals surface area contributed by atoms with Crippen molar-refractivity contribution in [2.45, 2.75) is 26.0 Å². The van der Waals surface area contributed by atoms with Crippen molar-refractivity contribution in [2.24, 2.45) is 0 Å². The Morgan fingerprint density at radius 2 is 2.15 bits per heavy atom. The number of ether oxygens (including phenoxy) is 1. The highest BCUT2D eigenvalue weighted by molar-refractivity contribution is 7.96. The number of nitriles is 1. The third-order valence-electron chi connectivity index (χ3n) is 1.39. The van der Waals surface area contributed by atoms with Crippen LogP contribution in [0.3, 0.4) is 0 Å². The topological polar surface area (TPSA) is 67.2 Å². The maximum Gasteiger partial charge on any atom is 0.193 e. The molecule has 0 aliphatic rings. The summed E-state index contributed by atoms with van der Waals surface area (Å²) in [5.74, 6) is 0. The smallest absolute Gasteiger partial charge is 0.193 e. The first-order valence-corrected chi connectivity index (χ1v) is 5.47. The van der Waals surface area contributed by atoms with Crippen molar-refractivity contribution in [2.75, 3.05) is 6.61 Å². The molecule has 0 bridgehead atoms. The van der Waals surface area contributed by atoms with E-state index in [1.54, 1.807) is 13.0 Å². The third kappa shape index (κ3) is 3.07. The minimum Gasteiger partial charge on any atom is -0.499 e. The fourth-order valence-corrected chi connectivity index (χ4v) is 1.41. The minimum atomic E-state index is -3.49. The van der Waals surface area contributed by atoms with E-state index in [9.17, 15) is 8.42 Å². The molecule has 0 aromatic rings. The van der Waals surface area contributed by atoms with Crippen LogP contribution in [0.2, 0.25) is 0 Å². The van der Waals surface area contributed by atoms with Crippen molar-refractivity contribution in [3.05, 3.63) is 11.2 Å². The highest BCUT2D eigenvalue weighted by Gasteiger charge is 2.22. The van der Waals surface area contributed by atoms with E-state index in [4.69, 9.17) is 10.00 Å². The molecule has 0 radical (unpaired) electrons. The highest BCUT2D eigenvalue weighted by Crippen LogP contribution is 2.12. The first-order chi connectivity index (χ1) is 5.96. The monoisotopic (exact) mass is 203 g/mol. The predicted octanol–water partition coefficient (Wildman–Crippen LogP) is 1.21. The van der Waals surface area contributed by atoms with Gasteiger partial charge in [0.25, 0.3) is 0 Å². The second kappa shape index (κ2) is 4.87. The van der Waals surface area contributed by atoms with E-state index < -0.39 is 15.1 Å². The first kappa shape index (κ1) is 12.0. The van der Waals surface area contributed by atoms with E-state index >= 15 is 0 Å². The fourth-order valence-electron chi connectivity index (χ4n) is 0.570. The van der Waals surface area contributed by atoms with E-state index in [1.807, 2.05) is 0 Å². The van der Waals surface area contributed by atoms with Crippen LogP contribution in [0, 0.1) is 11.3 Å². The summed E-state index contributed by atoms with van der Waals surface area (Å²) in [4.78, 5) is -0.315. The molecule has 0 amide bonds. The van der Waals surface area contributed by atoms with Gasteiger partial charge in [0, 0.05) is 0 Å². The molecule has 0 aromatic carbocycles. The number of allylic oxidation sites excluding steroid dienone is 1. The molecule has 0 atom stereocenters. The molecule has 0 spiro atoms. The maximum atomic E-state index is 11.4. The average molecular weight is 203 g/mol. The van der Waals surface area contributed by atoms with Crippen molar-refractivity contribution in [1.82, 2.24) is 0 Å². The zero-order valence-electron chi connectivity index (χ0n) is 7.94. The second-order valence-electron chi connectivity index (χ2n) is 2.64. The lowest BCUT2D eigenvalue weighted by molar-refractivity contribution is 0.268. The lowest BCUT2D eigenvalue weighted by Gasteiger charge is -2.05. The molecule has 0 fully saturated rings. The third-order valence-corrected chi connectivity index (χ3v) is 3.44. The molecule has 0 aliphatic heterocycles. The van der Waals surface area contributed by atoms with Crippen molar-refractivity contribution in [3.8, 4) is 6.07 Å². The summed E-state index contributed by atoms with van der Waals surface area (Å²) in [6, 6.07) is 1.61. The SMILES string of the molecule is CCO/C=C(/C#N)S(=O)(=O)C(C)C. The standard InChI is InChI=1S/C8H13NO3S/c1-4-12-6-8(5-9)13(10,11)7(2)3/h6-7H,4H2,1-3H3/b8-6-. The normalized spacial score (nSPS) is 12.7. The van der Waals surface area contributed by atoms with Crippen LogP contribution in [0.1, 0.15) is 20.8 Å². The minimum absolute atomic E-state index is 0.315. The molecule has 0 saturated heterocycles. The molecular formula is C8H13NO3S. The second-order valence-corrected chi connectivity index (χ2v) is 5.12. The van der Waals surface area contributed by atoms with Gasteiger partial charge in [-0.1, -0.05) is 0 Å². The highest BCUT2D eigenvalue weighted by atomic mass is 32.2. The van der Waals surface area contributed by atoms with Crippen LogP contribution >= 0.6 is 0 Å². The van der Waals surface area contributed by atoms with E-state index in [2.05, 4.69) is 0 Å². The number of nitrogens with zero attached hydrogens (tertiary/aromatic N) is 1. The zero-order valence-corrected chi connectivity index (χ0v) is 8.76. The summed E-state index contributed by atoms with van der Waals surface area (Å²) in [6.45, 7) is 5.10. The Kier molecular flexibility index (Phi) is 4.49. The van der Waals surface area contributed by atoms with Gasteiger partial charge in [-0.05, 0) is 20.8 Å². The first-order valence-electron chi connectivity index (χ1n) is 3.92. The number of sulfone groups is 1. The quantitative estimate of drug-likeness (QED) is 0.508. The Hall–Kier alpha value is -1.02. The number of hydrogen-bond acceptors (Lipinski definition) is 4. The van der Waals surface area contributed by atoms with E-state index in [-0.39, 0.29) is 4.91 Å². The van der Waals surface area contributed by atoms with Crippen LogP contribution < -0.4 is 0 Å². The fraction of sp³-hybridized carbons (Fsp3) is 0.625. The maximum absolute atomic E-state index is 11.4. The van der Waals surface area contributed by atoms with Crippen molar-refractivity contribution < 1.29 is 13.2 Å². The van der Waals surface area contributed by atoms with Crippen LogP contribution in [0.5, 0.6) is 0 Å².